The molecule has 0 heterocycles. The fourth-order valence-corrected chi connectivity index (χ4v) is 5.84. The number of carbonyl (C=O) groups excluding carboxylic acids is 1. The molecule has 0 aliphatic rings. The first kappa shape index (κ1) is 43.6. The molecule has 2 unspecified atom stereocenters. The molecule has 0 saturated heterocycles. The van der Waals surface area contributed by atoms with Crippen molar-refractivity contribution in [2.75, 3.05) is 6.61 Å². The Kier molecular flexibility index (Phi) is 35.9. The zero-order valence-electron chi connectivity index (χ0n) is 30.1. The smallest absolute Gasteiger partial charge is 0.220 e. The van der Waals surface area contributed by atoms with Crippen molar-refractivity contribution in [1.82, 2.24) is 5.32 Å². The fraction of sp³-hybridized carbons (Fsp3) is 0.829. The van der Waals surface area contributed by atoms with Crippen LogP contribution in [-0.2, 0) is 4.79 Å². The van der Waals surface area contributed by atoms with Gasteiger partial charge in [-0.2, -0.15) is 0 Å². The third-order valence-corrected chi connectivity index (χ3v) is 8.90. The van der Waals surface area contributed by atoms with Crippen molar-refractivity contribution < 1.29 is 15.0 Å². The van der Waals surface area contributed by atoms with Gasteiger partial charge in [-0.1, -0.05) is 179 Å². The van der Waals surface area contributed by atoms with Crippen molar-refractivity contribution in [3.63, 3.8) is 0 Å². The highest BCUT2D eigenvalue weighted by Crippen LogP contribution is 2.14. The van der Waals surface area contributed by atoms with E-state index in [0.29, 0.717) is 12.8 Å². The van der Waals surface area contributed by atoms with Gasteiger partial charge in [0.05, 0.1) is 18.8 Å². The van der Waals surface area contributed by atoms with Gasteiger partial charge < -0.3 is 15.5 Å². The van der Waals surface area contributed by atoms with Gasteiger partial charge in [0, 0.05) is 6.42 Å². The molecule has 0 aromatic rings. The molecule has 0 spiro atoms. The summed E-state index contributed by atoms with van der Waals surface area (Å²) in [6.45, 7) is 4.28. The van der Waals surface area contributed by atoms with E-state index in [-0.39, 0.29) is 12.5 Å². The van der Waals surface area contributed by atoms with Gasteiger partial charge in [0.1, 0.15) is 0 Å². The van der Waals surface area contributed by atoms with E-state index in [4.69, 9.17) is 0 Å². The Hall–Kier alpha value is -1.39. The van der Waals surface area contributed by atoms with Crippen LogP contribution in [0.25, 0.3) is 0 Å². The van der Waals surface area contributed by atoms with Crippen molar-refractivity contribution in [3.05, 3.63) is 36.5 Å². The molecule has 0 aromatic heterocycles. The van der Waals surface area contributed by atoms with Crippen molar-refractivity contribution in [2.24, 2.45) is 0 Å². The fourth-order valence-electron chi connectivity index (χ4n) is 5.84. The average molecular weight is 632 g/mol. The number of hydrogen-bond acceptors (Lipinski definition) is 3. The van der Waals surface area contributed by atoms with Crippen LogP contribution in [-0.4, -0.2) is 34.9 Å². The molecule has 0 fully saturated rings. The van der Waals surface area contributed by atoms with E-state index in [1.807, 2.05) is 0 Å². The Morgan fingerprint density at radius 1 is 0.533 bits per heavy atom. The molecule has 0 aliphatic carbocycles. The Balaban J connectivity index is 3.46. The van der Waals surface area contributed by atoms with Gasteiger partial charge in [0.15, 0.2) is 0 Å². The lowest BCUT2D eigenvalue weighted by atomic mass is 10.0. The highest BCUT2D eigenvalue weighted by atomic mass is 16.3. The zero-order valence-corrected chi connectivity index (χ0v) is 30.1. The first-order valence-electron chi connectivity index (χ1n) is 19.7. The third kappa shape index (κ3) is 33.8. The van der Waals surface area contributed by atoms with E-state index in [9.17, 15) is 15.0 Å². The van der Waals surface area contributed by atoms with E-state index in [1.54, 1.807) is 0 Å². The average Bonchev–Trinajstić information content (AvgIpc) is 3.04. The quantitative estimate of drug-likeness (QED) is 0.0481. The van der Waals surface area contributed by atoms with Crippen LogP contribution in [0.5, 0.6) is 0 Å². The van der Waals surface area contributed by atoms with E-state index in [0.717, 1.165) is 38.5 Å². The van der Waals surface area contributed by atoms with Crippen LogP contribution in [0.3, 0.4) is 0 Å². The summed E-state index contributed by atoms with van der Waals surface area (Å²) in [5, 5.41) is 22.8. The zero-order chi connectivity index (χ0) is 32.9. The van der Waals surface area contributed by atoms with Crippen molar-refractivity contribution >= 4 is 5.91 Å². The standard InChI is InChI=1S/C41H77NO3/c1-3-5-7-9-11-12-13-14-15-16-17-18-19-20-21-22-23-24-25-26-27-28-29-30-31-33-35-37-41(45)42-39(38-43)40(44)36-34-32-10-8-6-4-2/h13-14,16-17,19-20,39-40,43-44H,3-12,15,18,21-38H2,1-2H3,(H,42,45)/b14-13-,17-16-,20-19-. The first-order valence-corrected chi connectivity index (χ1v) is 19.7. The highest BCUT2D eigenvalue weighted by Gasteiger charge is 2.19. The van der Waals surface area contributed by atoms with Gasteiger partial charge in [-0.25, -0.2) is 0 Å². The summed E-state index contributed by atoms with van der Waals surface area (Å²) in [7, 11) is 0. The van der Waals surface area contributed by atoms with E-state index < -0.39 is 12.1 Å². The summed E-state index contributed by atoms with van der Waals surface area (Å²) in [5.41, 5.74) is 0. The SMILES string of the molecule is CCCCCCC/C=C\C/C=C\C/C=C\CCCCCCCCCCCCCCC(=O)NC(CO)C(O)CCCCCCCC. The number of aliphatic hydroxyl groups is 2. The molecule has 45 heavy (non-hydrogen) atoms. The maximum absolute atomic E-state index is 12.3. The summed E-state index contributed by atoms with van der Waals surface area (Å²) in [6, 6.07) is -0.533. The molecule has 264 valence electrons. The van der Waals surface area contributed by atoms with Crippen molar-refractivity contribution in [1.29, 1.82) is 0 Å². The minimum Gasteiger partial charge on any atom is -0.394 e. The second-order valence-corrected chi connectivity index (χ2v) is 13.4. The largest absolute Gasteiger partial charge is 0.394 e. The van der Waals surface area contributed by atoms with Gasteiger partial charge in [0.25, 0.3) is 0 Å². The third-order valence-electron chi connectivity index (χ3n) is 8.90. The number of unbranched alkanes of at least 4 members (excludes halogenated alkanes) is 22. The summed E-state index contributed by atoms with van der Waals surface area (Å²) in [6.07, 6.45) is 48.0. The van der Waals surface area contributed by atoms with E-state index >= 15 is 0 Å². The molecule has 0 radical (unpaired) electrons. The van der Waals surface area contributed by atoms with Crippen LogP contribution in [0.2, 0.25) is 0 Å². The maximum atomic E-state index is 12.3. The van der Waals surface area contributed by atoms with Crippen molar-refractivity contribution in [2.45, 2.75) is 212 Å². The van der Waals surface area contributed by atoms with Crippen LogP contribution >= 0.6 is 0 Å². The second-order valence-electron chi connectivity index (χ2n) is 13.4. The summed E-state index contributed by atoms with van der Waals surface area (Å²) in [4.78, 5) is 12.3. The predicted octanol–water partition coefficient (Wildman–Crippen LogP) is 11.8. The summed E-state index contributed by atoms with van der Waals surface area (Å²) in [5.74, 6) is -0.0401. The summed E-state index contributed by atoms with van der Waals surface area (Å²) < 4.78 is 0. The Labute approximate surface area is 281 Å². The molecule has 1 amide bonds. The molecule has 4 heteroatoms. The molecule has 4 nitrogen and oxygen atoms in total. The topological polar surface area (TPSA) is 69.6 Å². The Morgan fingerprint density at radius 3 is 1.36 bits per heavy atom. The number of amides is 1. The van der Waals surface area contributed by atoms with E-state index in [2.05, 4.69) is 55.6 Å². The van der Waals surface area contributed by atoms with Crippen molar-refractivity contribution in [3.8, 4) is 0 Å². The number of hydrogen-bond donors (Lipinski definition) is 3. The maximum Gasteiger partial charge on any atom is 0.220 e. The minimum absolute atomic E-state index is 0.0401. The number of rotatable bonds is 35. The molecule has 0 saturated carbocycles. The molecule has 0 aliphatic heterocycles. The lowest BCUT2D eigenvalue weighted by Gasteiger charge is -2.22. The molecule has 0 bridgehead atoms. The molecule has 3 N–H and O–H groups in total. The number of nitrogens with one attached hydrogen (secondary N) is 1. The number of carbonyl (C=O) groups is 1. The first-order chi connectivity index (χ1) is 22.2. The molecular weight excluding hydrogens is 554 g/mol. The number of allylic oxidation sites excluding steroid dienone is 6. The van der Waals surface area contributed by atoms with Crippen LogP contribution in [0.1, 0.15) is 200 Å². The van der Waals surface area contributed by atoms with Gasteiger partial charge in [-0.15, -0.1) is 0 Å². The van der Waals surface area contributed by atoms with Gasteiger partial charge >= 0.3 is 0 Å². The van der Waals surface area contributed by atoms with E-state index in [1.165, 1.54) is 135 Å². The summed E-state index contributed by atoms with van der Waals surface area (Å²) >= 11 is 0. The Bertz CT molecular complexity index is 686. The van der Waals surface area contributed by atoms with Crippen LogP contribution in [0.4, 0.5) is 0 Å². The van der Waals surface area contributed by atoms with Crippen LogP contribution in [0, 0.1) is 0 Å². The second kappa shape index (κ2) is 37.1. The highest BCUT2D eigenvalue weighted by molar-refractivity contribution is 5.76. The van der Waals surface area contributed by atoms with Crippen LogP contribution < -0.4 is 5.32 Å². The van der Waals surface area contributed by atoms with Crippen LogP contribution in [0.15, 0.2) is 36.5 Å². The van der Waals surface area contributed by atoms with Gasteiger partial charge in [0.2, 0.25) is 5.91 Å². The molecule has 2 atom stereocenters. The lowest BCUT2D eigenvalue weighted by molar-refractivity contribution is -0.123. The molecule has 0 rings (SSSR count). The van der Waals surface area contributed by atoms with Gasteiger partial charge in [-0.3, -0.25) is 4.79 Å². The normalized spacial score (nSPS) is 13.4. The molecule has 0 aromatic carbocycles. The Morgan fingerprint density at radius 2 is 0.911 bits per heavy atom. The minimum atomic E-state index is -0.655. The molecular formula is C41H77NO3. The monoisotopic (exact) mass is 632 g/mol. The lowest BCUT2D eigenvalue weighted by Crippen LogP contribution is -2.45. The predicted molar refractivity (Wildman–Crippen MR) is 198 cm³/mol. The van der Waals surface area contributed by atoms with Gasteiger partial charge in [-0.05, 0) is 51.4 Å². The number of aliphatic hydroxyl groups excluding tert-OH is 2.